The first-order valence-corrected chi connectivity index (χ1v) is 8.35. The first-order valence-electron chi connectivity index (χ1n) is 6.40. The lowest BCUT2D eigenvalue weighted by Gasteiger charge is -2.41. The Morgan fingerprint density at radius 1 is 1.50 bits per heavy atom. The SMILES string of the molecule is CCCn1ncc(Br)c1C1(O)CSCC(C)(C)C1. The van der Waals surface area contributed by atoms with Crippen LogP contribution in [0.25, 0.3) is 0 Å². The Labute approximate surface area is 121 Å². The molecule has 1 N–H and O–H groups in total. The molecule has 0 aliphatic carbocycles. The molecule has 1 saturated heterocycles. The van der Waals surface area contributed by atoms with E-state index in [-0.39, 0.29) is 5.41 Å². The maximum atomic E-state index is 11.0. The molecule has 1 aromatic heterocycles. The zero-order valence-electron chi connectivity index (χ0n) is 11.2. The molecule has 1 atom stereocenters. The molecule has 0 saturated carbocycles. The molecule has 0 spiro atoms. The maximum absolute atomic E-state index is 11.0. The molecule has 102 valence electrons. The highest BCUT2D eigenvalue weighted by Gasteiger charge is 2.43. The van der Waals surface area contributed by atoms with Crippen LogP contribution in [0, 0.1) is 5.41 Å². The number of hydrogen-bond acceptors (Lipinski definition) is 3. The third kappa shape index (κ3) is 2.78. The molecule has 0 aromatic carbocycles. The predicted octanol–water partition coefficient (Wildman–Crippen LogP) is 3.41. The number of thioether (sulfide) groups is 1. The van der Waals surface area contributed by atoms with E-state index in [9.17, 15) is 5.11 Å². The van der Waals surface area contributed by atoms with E-state index in [4.69, 9.17) is 0 Å². The largest absolute Gasteiger partial charge is 0.383 e. The molecule has 18 heavy (non-hydrogen) atoms. The van der Waals surface area contributed by atoms with E-state index < -0.39 is 5.60 Å². The van der Waals surface area contributed by atoms with Crippen molar-refractivity contribution in [2.45, 2.75) is 45.8 Å². The van der Waals surface area contributed by atoms with Crippen molar-refractivity contribution in [3.63, 3.8) is 0 Å². The molecule has 1 fully saturated rings. The van der Waals surface area contributed by atoms with Gasteiger partial charge in [-0.25, -0.2) is 0 Å². The van der Waals surface area contributed by atoms with E-state index in [2.05, 4.69) is 41.8 Å². The molecule has 0 bridgehead atoms. The Morgan fingerprint density at radius 2 is 2.22 bits per heavy atom. The molecule has 1 unspecified atom stereocenters. The smallest absolute Gasteiger partial charge is 0.117 e. The first kappa shape index (κ1) is 14.4. The van der Waals surface area contributed by atoms with Crippen LogP contribution in [-0.4, -0.2) is 26.4 Å². The Kier molecular flexibility index (Phi) is 4.14. The topological polar surface area (TPSA) is 38.0 Å². The fourth-order valence-corrected chi connectivity index (χ4v) is 4.75. The van der Waals surface area contributed by atoms with E-state index in [1.807, 2.05) is 16.4 Å². The number of aryl methyl sites for hydroxylation is 1. The lowest BCUT2D eigenvalue weighted by Crippen LogP contribution is -2.42. The maximum Gasteiger partial charge on any atom is 0.117 e. The lowest BCUT2D eigenvalue weighted by molar-refractivity contribution is 0.00686. The van der Waals surface area contributed by atoms with Gasteiger partial charge in [0, 0.05) is 12.3 Å². The number of aromatic nitrogens is 2. The summed E-state index contributed by atoms with van der Waals surface area (Å²) < 4.78 is 2.88. The third-order valence-corrected chi connectivity index (χ3v) is 5.52. The van der Waals surface area contributed by atoms with Gasteiger partial charge in [-0.05, 0) is 39.9 Å². The Morgan fingerprint density at radius 3 is 2.83 bits per heavy atom. The Balaban J connectivity index is 2.37. The van der Waals surface area contributed by atoms with Crippen LogP contribution < -0.4 is 0 Å². The van der Waals surface area contributed by atoms with Gasteiger partial charge in [-0.15, -0.1) is 0 Å². The summed E-state index contributed by atoms with van der Waals surface area (Å²) in [6, 6.07) is 0. The minimum absolute atomic E-state index is 0.165. The van der Waals surface area contributed by atoms with Gasteiger partial charge in [0.25, 0.3) is 0 Å². The Hall–Kier alpha value is -0.0000000000000000555. The number of nitrogens with zero attached hydrogens (tertiary/aromatic N) is 2. The second-order valence-corrected chi connectivity index (χ2v) is 7.77. The van der Waals surface area contributed by atoms with Gasteiger partial charge in [0.2, 0.25) is 0 Å². The van der Waals surface area contributed by atoms with Crippen LogP contribution in [0.15, 0.2) is 10.7 Å². The lowest BCUT2D eigenvalue weighted by atomic mass is 9.80. The molecule has 1 aromatic rings. The number of halogens is 1. The molecule has 2 rings (SSSR count). The molecule has 2 heterocycles. The average molecular weight is 333 g/mol. The molecule has 0 amide bonds. The highest BCUT2D eigenvalue weighted by Crippen LogP contribution is 2.46. The molecular weight excluding hydrogens is 312 g/mol. The average Bonchev–Trinajstić information content (AvgIpc) is 2.59. The number of aliphatic hydroxyl groups is 1. The second kappa shape index (κ2) is 5.17. The zero-order valence-corrected chi connectivity index (χ0v) is 13.6. The van der Waals surface area contributed by atoms with E-state index in [0.29, 0.717) is 0 Å². The van der Waals surface area contributed by atoms with Gasteiger partial charge in [-0.3, -0.25) is 4.68 Å². The van der Waals surface area contributed by atoms with E-state index >= 15 is 0 Å². The van der Waals surface area contributed by atoms with Crippen LogP contribution in [0.5, 0.6) is 0 Å². The minimum atomic E-state index is -0.767. The van der Waals surface area contributed by atoms with Crippen molar-refractivity contribution < 1.29 is 5.11 Å². The summed E-state index contributed by atoms with van der Waals surface area (Å²) in [6.45, 7) is 7.43. The van der Waals surface area contributed by atoms with Crippen molar-refractivity contribution in [1.82, 2.24) is 9.78 Å². The summed E-state index contributed by atoms with van der Waals surface area (Å²) in [5.41, 5.74) is 0.347. The predicted molar refractivity (Wildman–Crippen MR) is 79.8 cm³/mol. The van der Waals surface area contributed by atoms with Crippen LogP contribution in [0.3, 0.4) is 0 Å². The third-order valence-electron chi connectivity index (χ3n) is 3.28. The molecule has 1 aliphatic rings. The van der Waals surface area contributed by atoms with Crippen LogP contribution in [0.1, 0.15) is 39.3 Å². The van der Waals surface area contributed by atoms with Gasteiger partial charge < -0.3 is 5.11 Å². The van der Waals surface area contributed by atoms with Crippen molar-refractivity contribution in [3.8, 4) is 0 Å². The van der Waals surface area contributed by atoms with E-state index in [1.165, 1.54) is 0 Å². The minimum Gasteiger partial charge on any atom is -0.383 e. The summed E-state index contributed by atoms with van der Waals surface area (Å²) in [4.78, 5) is 0. The van der Waals surface area contributed by atoms with Crippen molar-refractivity contribution in [1.29, 1.82) is 0 Å². The highest BCUT2D eigenvalue weighted by atomic mass is 79.9. The highest BCUT2D eigenvalue weighted by molar-refractivity contribution is 9.10. The van der Waals surface area contributed by atoms with E-state index in [1.54, 1.807) is 6.20 Å². The van der Waals surface area contributed by atoms with Crippen molar-refractivity contribution >= 4 is 27.7 Å². The van der Waals surface area contributed by atoms with Gasteiger partial charge in [0.1, 0.15) is 5.60 Å². The number of rotatable bonds is 3. The van der Waals surface area contributed by atoms with Crippen LogP contribution in [0.2, 0.25) is 0 Å². The first-order chi connectivity index (χ1) is 8.38. The standard InChI is InChI=1S/C13H21BrN2OS/c1-4-5-16-11(10(14)6-15-16)13(17)7-12(2,3)8-18-9-13/h6,17H,4-5,7-9H2,1-3H3. The fourth-order valence-electron chi connectivity index (χ4n) is 2.75. The van der Waals surface area contributed by atoms with Gasteiger partial charge in [0.15, 0.2) is 0 Å². The molecule has 3 nitrogen and oxygen atoms in total. The van der Waals surface area contributed by atoms with Crippen molar-refractivity contribution in [2.24, 2.45) is 5.41 Å². The fraction of sp³-hybridized carbons (Fsp3) is 0.769. The van der Waals surface area contributed by atoms with Gasteiger partial charge >= 0.3 is 0 Å². The molecule has 0 radical (unpaired) electrons. The van der Waals surface area contributed by atoms with Crippen LogP contribution >= 0.6 is 27.7 Å². The summed E-state index contributed by atoms with van der Waals surface area (Å²) in [6.07, 6.45) is 3.62. The summed E-state index contributed by atoms with van der Waals surface area (Å²) in [7, 11) is 0. The normalized spacial score (nSPS) is 27.4. The Bertz CT molecular complexity index is 433. The summed E-state index contributed by atoms with van der Waals surface area (Å²) in [5.74, 6) is 1.86. The van der Waals surface area contributed by atoms with Crippen LogP contribution in [0.4, 0.5) is 0 Å². The monoisotopic (exact) mass is 332 g/mol. The molecule has 1 aliphatic heterocycles. The van der Waals surface area contributed by atoms with Gasteiger partial charge in [-0.2, -0.15) is 16.9 Å². The van der Waals surface area contributed by atoms with Crippen molar-refractivity contribution in [2.75, 3.05) is 11.5 Å². The van der Waals surface area contributed by atoms with Gasteiger partial charge in [-0.1, -0.05) is 20.8 Å². The summed E-state index contributed by atoms with van der Waals surface area (Å²) in [5, 5.41) is 15.4. The molecule has 5 heteroatoms. The van der Waals surface area contributed by atoms with Crippen LogP contribution in [-0.2, 0) is 12.1 Å². The summed E-state index contributed by atoms with van der Waals surface area (Å²) >= 11 is 5.37. The van der Waals surface area contributed by atoms with E-state index in [0.717, 1.165) is 41.1 Å². The zero-order chi connectivity index (χ0) is 13.4. The molecular formula is C13H21BrN2OS. The quantitative estimate of drug-likeness (QED) is 0.921. The van der Waals surface area contributed by atoms with Crippen molar-refractivity contribution in [3.05, 3.63) is 16.4 Å². The second-order valence-electron chi connectivity index (χ2n) is 5.93. The van der Waals surface area contributed by atoms with Gasteiger partial charge in [0.05, 0.1) is 16.4 Å². The number of hydrogen-bond donors (Lipinski definition) is 1.